The molecule has 0 unspecified atom stereocenters. The van der Waals surface area contributed by atoms with Crippen molar-refractivity contribution in [1.29, 1.82) is 5.26 Å². The van der Waals surface area contributed by atoms with E-state index in [0.29, 0.717) is 13.1 Å². The van der Waals surface area contributed by atoms with Crippen molar-refractivity contribution in [2.45, 2.75) is 13.5 Å². The molecule has 0 saturated carbocycles. The molecule has 2 aromatic carbocycles. The number of nitrogens with zero attached hydrogens (tertiary/aromatic N) is 3. The highest BCUT2D eigenvalue weighted by atomic mass is 16.6. The largest absolute Gasteiger partial charge is 0.494 e. The summed E-state index contributed by atoms with van der Waals surface area (Å²) in [5.41, 5.74) is 1.05. The molecule has 2 rings (SSSR count). The van der Waals surface area contributed by atoms with Gasteiger partial charge in [-0.2, -0.15) is 5.26 Å². The molecule has 0 heterocycles. The predicted molar refractivity (Wildman–Crippen MR) is 105 cm³/mol. The standard InChI is InChI=1S/C20H20N4O4/c1-3-23(13-15-7-5-4-6-8-15)14-16(12-21)20(25)22-18-10-9-17(24(26)27)11-19(18)28-2/h4-11,14H,3,13H2,1-2H3,(H,22,25)/b16-14-. The number of hydrogen-bond acceptors (Lipinski definition) is 6. The fourth-order valence-electron chi connectivity index (χ4n) is 2.47. The lowest BCUT2D eigenvalue weighted by molar-refractivity contribution is -0.384. The zero-order chi connectivity index (χ0) is 20.5. The molecule has 0 radical (unpaired) electrons. The van der Waals surface area contributed by atoms with Crippen LogP contribution in [0.1, 0.15) is 12.5 Å². The number of nitro groups is 1. The van der Waals surface area contributed by atoms with Gasteiger partial charge in [0.2, 0.25) is 0 Å². The Bertz CT molecular complexity index is 920. The van der Waals surface area contributed by atoms with Gasteiger partial charge in [0.15, 0.2) is 0 Å². The van der Waals surface area contributed by atoms with Crippen LogP contribution in [0.2, 0.25) is 0 Å². The number of ether oxygens (including phenoxy) is 1. The Labute approximate surface area is 162 Å². The van der Waals surface area contributed by atoms with E-state index < -0.39 is 10.8 Å². The van der Waals surface area contributed by atoms with Gasteiger partial charge in [0.05, 0.1) is 23.8 Å². The van der Waals surface area contributed by atoms with Crippen molar-refractivity contribution < 1.29 is 14.5 Å². The van der Waals surface area contributed by atoms with Gasteiger partial charge in [0.25, 0.3) is 11.6 Å². The number of non-ortho nitro benzene ring substituents is 1. The second kappa shape index (κ2) is 9.73. The maximum atomic E-state index is 12.5. The molecule has 1 amide bonds. The molecule has 8 heteroatoms. The van der Waals surface area contributed by atoms with E-state index in [1.165, 1.54) is 31.5 Å². The van der Waals surface area contributed by atoms with Crippen molar-refractivity contribution in [3.8, 4) is 11.8 Å². The van der Waals surface area contributed by atoms with Crippen molar-refractivity contribution in [3.63, 3.8) is 0 Å². The van der Waals surface area contributed by atoms with Gasteiger partial charge in [-0.3, -0.25) is 14.9 Å². The zero-order valence-corrected chi connectivity index (χ0v) is 15.6. The first kappa shape index (κ1) is 20.5. The topological polar surface area (TPSA) is 109 Å². The Balaban J connectivity index is 2.19. The molecular weight excluding hydrogens is 360 g/mol. The van der Waals surface area contributed by atoms with E-state index in [1.807, 2.05) is 48.2 Å². The fourth-order valence-corrected chi connectivity index (χ4v) is 2.47. The lowest BCUT2D eigenvalue weighted by Crippen LogP contribution is -2.21. The quantitative estimate of drug-likeness (QED) is 0.325. The van der Waals surface area contributed by atoms with Crippen LogP contribution in [0.5, 0.6) is 5.75 Å². The summed E-state index contributed by atoms with van der Waals surface area (Å²) in [7, 11) is 1.34. The first-order valence-electron chi connectivity index (χ1n) is 8.52. The summed E-state index contributed by atoms with van der Waals surface area (Å²) in [4.78, 5) is 24.7. The number of rotatable bonds is 8. The van der Waals surface area contributed by atoms with Crippen LogP contribution in [0.15, 0.2) is 60.3 Å². The smallest absolute Gasteiger partial charge is 0.273 e. The molecule has 1 N–H and O–H groups in total. The maximum absolute atomic E-state index is 12.5. The number of hydrogen-bond donors (Lipinski definition) is 1. The highest BCUT2D eigenvalue weighted by Crippen LogP contribution is 2.29. The summed E-state index contributed by atoms with van der Waals surface area (Å²) < 4.78 is 5.10. The van der Waals surface area contributed by atoms with E-state index >= 15 is 0 Å². The zero-order valence-electron chi connectivity index (χ0n) is 15.6. The monoisotopic (exact) mass is 380 g/mol. The van der Waals surface area contributed by atoms with E-state index in [1.54, 1.807) is 0 Å². The number of methoxy groups -OCH3 is 1. The summed E-state index contributed by atoms with van der Waals surface area (Å²) in [6.07, 6.45) is 1.50. The third-order valence-corrected chi connectivity index (χ3v) is 3.96. The second-order valence-corrected chi connectivity index (χ2v) is 5.80. The van der Waals surface area contributed by atoms with Crippen LogP contribution in [0.25, 0.3) is 0 Å². The molecule has 0 aromatic heterocycles. The van der Waals surface area contributed by atoms with Gasteiger partial charge in [0, 0.05) is 25.4 Å². The number of carbonyl (C=O) groups is 1. The minimum absolute atomic E-state index is 0.0850. The lowest BCUT2D eigenvalue weighted by Gasteiger charge is -2.19. The number of benzene rings is 2. The molecule has 0 atom stereocenters. The van der Waals surface area contributed by atoms with Crippen molar-refractivity contribution >= 4 is 17.3 Å². The molecule has 0 aliphatic rings. The second-order valence-electron chi connectivity index (χ2n) is 5.80. The minimum atomic E-state index is -0.624. The van der Waals surface area contributed by atoms with Crippen LogP contribution in [-0.2, 0) is 11.3 Å². The van der Waals surface area contributed by atoms with E-state index in [-0.39, 0.29) is 22.7 Å². The molecule has 144 valence electrons. The average molecular weight is 380 g/mol. The summed E-state index contributed by atoms with van der Waals surface area (Å²) in [5.74, 6) is -0.488. The highest BCUT2D eigenvalue weighted by Gasteiger charge is 2.16. The van der Waals surface area contributed by atoms with Gasteiger partial charge in [-0.1, -0.05) is 30.3 Å². The SMILES string of the molecule is CCN(/C=C(/C#N)C(=O)Nc1ccc([N+](=O)[O-])cc1OC)Cc1ccccc1. The summed E-state index contributed by atoms with van der Waals surface area (Å²) in [6, 6.07) is 15.4. The summed E-state index contributed by atoms with van der Waals surface area (Å²) in [6.45, 7) is 3.08. The van der Waals surface area contributed by atoms with Crippen LogP contribution in [0.3, 0.4) is 0 Å². The van der Waals surface area contributed by atoms with Gasteiger partial charge in [-0.15, -0.1) is 0 Å². The van der Waals surface area contributed by atoms with Crippen molar-refractivity contribution in [2.75, 3.05) is 19.0 Å². The van der Waals surface area contributed by atoms with Crippen LogP contribution in [-0.4, -0.2) is 29.4 Å². The Morgan fingerprint density at radius 3 is 2.61 bits per heavy atom. The molecule has 0 fully saturated rings. The molecule has 0 bridgehead atoms. The first-order valence-corrected chi connectivity index (χ1v) is 8.52. The number of nitro benzene ring substituents is 1. The van der Waals surface area contributed by atoms with Crippen LogP contribution >= 0.6 is 0 Å². The summed E-state index contributed by atoms with van der Waals surface area (Å²) >= 11 is 0. The number of nitrogens with one attached hydrogen (secondary N) is 1. The molecule has 8 nitrogen and oxygen atoms in total. The first-order chi connectivity index (χ1) is 13.5. The van der Waals surface area contributed by atoms with Crippen molar-refractivity contribution in [3.05, 3.63) is 76.0 Å². The lowest BCUT2D eigenvalue weighted by atomic mass is 10.2. The maximum Gasteiger partial charge on any atom is 0.273 e. The Morgan fingerprint density at radius 2 is 2.04 bits per heavy atom. The number of carbonyl (C=O) groups excluding carboxylic acids is 1. The van der Waals surface area contributed by atoms with Gasteiger partial charge < -0.3 is 15.0 Å². The summed E-state index contributed by atoms with van der Waals surface area (Å²) in [5, 5.41) is 22.8. The van der Waals surface area contributed by atoms with Crippen LogP contribution < -0.4 is 10.1 Å². The minimum Gasteiger partial charge on any atom is -0.494 e. The molecule has 28 heavy (non-hydrogen) atoms. The Morgan fingerprint density at radius 1 is 1.32 bits per heavy atom. The molecule has 0 aliphatic heterocycles. The molecular formula is C20H20N4O4. The van der Waals surface area contributed by atoms with Gasteiger partial charge in [-0.25, -0.2) is 0 Å². The van der Waals surface area contributed by atoms with E-state index in [4.69, 9.17) is 4.74 Å². The Kier molecular flexibility index (Phi) is 7.11. The van der Waals surface area contributed by atoms with E-state index in [2.05, 4.69) is 5.32 Å². The van der Waals surface area contributed by atoms with Crippen LogP contribution in [0.4, 0.5) is 11.4 Å². The molecule has 0 saturated heterocycles. The van der Waals surface area contributed by atoms with Gasteiger partial charge >= 0.3 is 0 Å². The average Bonchev–Trinajstić information content (AvgIpc) is 2.71. The number of amides is 1. The predicted octanol–water partition coefficient (Wildman–Crippen LogP) is 3.47. The van der Waals surface area contributed by atoms with Crippen LogP contribution in [0, 0.1) is 21.4 Å². The Hall–Kier alpha value is -3.86. The third-order valence-electron chi connectivity index (χ3n) is 3.96. The molecule has 0 aliphatic carbocycles. The third kappa shape index (κ3) is 5.32. The fraction of sp³-hybridized carbons (Fsp3) is 0.200. The molecule has 2 aromatic rings. The van der Waals surface area contributed by atoms with Crippen molar-refractivity contribution in [1.82, 2.24) is 4.90 Å². The number of nitriles is 1. The van der Waals surface area contributed by atoms with Crippen molar-refractivity contribution in [2.24, 2.45) is 0 Å². The van der Waals surface area contributed by atoms with E-state index in [9.17, 15) is 20.2 Å². The number of anilines is 1. The van der Waals surface area contributed by atoms with Gasteiger partial charge in [0.1, 0.15) is 17.4 Å². The molecule has 0 spiro atoms. The normalized spacial score (nSPS) is 10.7. The van der Waals surface area contributed by atoms with E-state index in [0.717, 1.165) is 5.56 Å². The van der Waals surface area contributed by atoms with Gasteiger partial charge in [-0.05, 0) is 18.6 Å². The highest BCUT2D eigenvalue weighted by molar-refractivity contribution is 6.07.